The van der Waals surface area contributed by atoms with Crippen LogP contribution in [0.25, 0.3) is 0 Å². The summed E-state index contributed by atoms with van der Waals surface area (Å²) in [7, 11) is 0. The quantitative estimate of drug-likeness (QED) is 0.874. The smallest absolute Gasteiger partial charge is 0.231 e. The molecule has 1 atom stereocenters. The first-order valence-corrected chi connectivity index (χ1v) is 8.25. The maximum absolute atomic E-state index is 12.2. The summed E-state index contributed by atoms with van der Waals surface area (Å²) >= 11 is 1.39. The number of aromatic nitrogens is 2. The van der Waals surface area contributed by atoms with Crippen molar-refractivity contribution in [1.29, 1.82) is 0 Å². The van der Waals surface area contributed by atoms with Crippen LogP contribution in [0.3, 0.4) is 0 Å². The lowest BCUT2D eigenvalue weighted by molar-refractivity contribution is -0.128. The third-order valence-corrected chi connectivity index (χ3v) is 4.67. The Morgan fingerprint density at radius 3 is 2.86 bits per heavy atom. The fraction of sp³-hybridized carbons (Fsp3) is 0.714. The van der Waals surface area contributed by atoms with E-state index in [1.165, 1.54) is 11.3 Å². The SMILES string of the molecule is CCCCN1C[C@@H](C(=O)Nc2nnc(C(C)C)s2)CC1=O. The van der Waals surface area contributed by atoms with Gasteiger partial charge >= 0.3 is 0 Å². The molecule has 1 aliphatic heterocycles. The topological polar surface area (TPSA) is 75.2 Å². The van der Waals surface area contributed by atoms with E-state index in [9.17, 15) is 9.59 Å². The molecule has 1 fully saturated rings. The molecule has 116 valence electrons. The number of nitrogens with zero attached hydrogens (tertiary/aromatic N) is 3. The average Bonchev–Trinajstić information content (AvgIpc) is 3.03. The number of likely N-dealkylation sites (tertiary alicyclic amines) is 1. The number of carbonyl (C=O) groups excluding carboxylic acids is 2. The van der Waals surface area contributed by atoms with E-state index in [0.717, 1.165) is 24.4 Å². The lowest BCUT2D eigenvalue weighted by Gasteiger charge is -2.15. The molecule has 2 heterocycles. The molecule has 1 aromatic rings. The number of unbranched alkanes of at least 4 members (excludes halogenated alkanes) is 1. The standard InChI is InChI=1S/C14H22N4O2S/c1-4-5-6-18-8-10(7-11(18)19)12(20)15-14-17-16-13(21-14)9(2)3/h9-10H,4-8H2,1-3H3,(H,15,17,20)/t10-/m0/s1. The number of hydrogen-bond donors (Lipinski definition) is 1. The van der Waals surface area contributed by atoms with E-state index in [2.05, 4.69) is 22.4 Å². The summed E-state index contributed by atoms with van der Waals surface area (Å²) < 4.78 is 0. The minimum atomic E-state index is -0.277. The van der Waals surface area contributed by atoms with Gasteiger partial charge in [0.05, 0.1) is 5.92 Å². The van der Waals surface area contributed by atoms with Crippen LogP contribution in [0.15, 0.2) is 0 Å². The molecule has 1 aliphatic rings. The van der Waals surface area contributed by atoms with Crippen molar-refractivity contribution in [2.45, 2.75) is 46.0 Å². The minimum Gasteiger partial charge on any atom is -0.342 e. The van der Waals surface area contributed by atoms with Gasteiger partial charge in [-0.1, -0.05) is 38.5 Å². The van der Waals surface area contributed by atoms with Crippen LogP contribution in [0.4, 0.5) is 5.13 Å². The third-order valence-electron chi connectivity index (χ3n) is 3.53. The number of anilines is 1. The van der Waals surface area contributed by atoms with Gasteiger partial charge in [-0.15, -0.1) is 10.2 Å². The van der Waals surface area contributed by atoms with Gasteiger partial charge in [0, 0.05) is 25.4 Å². The van der Waals surface area contributed by atoms with Gasteiger partial charge in [-0.25, -0.2) is 0 Å². The Hall–Kier alpha value is -1.50. The van der Waals surface area contributed by atoms with E-state index >= 15 is 0 Å². The monoisotopic (exact) mass is 310 g/mol. The minimum absolute atomic E-state index is 0.0729. The van der Waals surface area contributed by atoms with Crippen molar-refractivity contribution < 1.29 is 9.59 Å². The van der Waals surface area contributed by atoms with Crippen LogP contribution in [0, 0.1) is 5.92 Å². The summed E-state index contributed by atoms with van der Waals surface area (Å²) in [5.41, 5.74) is 0. The maximum Gasteiger partial charge on any atom is 0.231 e. The summed E-state index contributed by atoms with van der Waals surface area (Å²) in [4.78, 5) is 25.9. The lowest BCUT2D eigenvalue weighted by atomic mass is 10.1. The first-order chi connectivity index (χ1) is 10.0. The Labute approximate surface area is 128 Å². The Balaban J connectivity index is 1.90. The van der Waals surface area contributed by atoms with Crippen LogP contribution in [0.1, 0.15) is 51.0 Å². The van der Waals surface area contributed by atoms with Crippen LogP contribution in [0.2, 0.25) is 0 Å². The molecule has 1 aromatic heterocycles. The third kappa shape index (κ3) is 4.00. The summed E-state index contributed by atoms with van der Waals surface area (Å²) in [6, 6.07) is 0. The zero-order valence-corrected chi connectivity index (χ0v) is 13.6. The first-order valence-electron chi connectivity index (χ1n) is 7.43. The lowest BCUT2D eigenvalue weighted by Crippen LogP contribution is -2.29. The van der Waals surface area contributed by atoms with Crippen molar-refractivity contribution in [2.75, 3.05) is 18.4 Å². The molecule has 2 amide bonds. The van der Waals surface area contributed by atoms with Crippen molar-refractivity contribution in [3.05, 3.63) is 5.01 Å². The predicted molar refractivity (Wildman–Crippen MR) is 82.2 cm³/mol. The zero-order valence-electron chi connectivity index (χ0n) is 12.8. The molecule has 0 saturated carbocycles. The Morgan fingerprint density at radius 1 is 1.48 bits per heavy atom. The molecular formula is C14H22N4O2S. The van der Waals surface area contributed by atoms with Gasteiger partial charge in [0.15, 0.2) is 0 Å². The fourth-order valence-electron chi connectivity index (χ4n) is 2.24. The fourth-order valence-corrected chi connectivity index (χ4v) is 2.99. The molecule has 7 heteroatoms. The Kier molecular flexibility index (Phi) is 5.27. The van der Waals surface area contributed by atoms with Gasteiger partial charge in [-0.05, 0) is 6.42 Å². The summed E-state index contributed by atoms with van der Waals surface area (Å²) in [5.74, 6) is -0.0379. The van der Waals surface area contributed by atoms with Gasteiger partial charge in [0.25, 0.3) is 0 Å². The molecule has 6 nitrogen and oxygen atoms in total. The molecule has 2 rings (SSSR count). The molecule has 0 aliphatic carbocycles. The van der Waals surface area contributed by atoms with Crippen LogP contribution < -0.4 is 5.32 Å². The predicted octanol–water partition coefficient (Wildman–Crippen LogP) is 2.25. The summed E-state index contributed by atoms with van der Waals surface area (Å²) in [6.45, 7) is 7.42. The highest BCUT2D eigenvalue weighted by Crippen LogP contribution is 2.24. The molecule has 0 radical (unpaired) electrons. The van der Waals surface area contributed by atoms with Crippen molar-refractivity contribution in [3.8, 4) is 0 Å². The second-order valence-corrected chi connectivity index (χ2v) is 6.69. The van der Waals surface area contributed by atoms with Gasteiger partial charge in [0.2, 0.25) is 16.9 Å². The van der Waals surface area contributed by atoms with E-state index in [0.29, 0.717) is 24.0 Å². The van der Waals surface area contributed by atoms with E-state index in [1.807, 2.05) is 13.8 Å². The van der Waals surface area contributed by atoms with Crippen molar-refractivity contribution >= 4 is 28.3 Å². The zero-order chi connectivity index (χ0) is 15.4. The molecule has 21 heavy (non-hydrogen) atoms. The van der Waals surface area contributed by atoms with Crippen LogP contribution >= 0.6 is 11.3 Å². The van der Waals surface area contributed by atoms with Crippen LogP contribution in [0.5, 0.6) is 0 Å². The Bertz CT molecular complexity index is 515. The second kappa shape index (κ2) is 6.98. The van der Waals surface area contributed by atoms with Crippen LogP contribution in [-0.2, 0) is 9.59 Å². The second-order valence-electron chi connectivity index (χ2n) is 5.68. The molecule has 0 spiro atoms. The van der Waals surface area contributed by atoms with E-state index in [4.69, 9.17) is 0 Å². The maximum atomic E-state index is 12.2. The largest absolute Gasteiger partial charge is 0.342 e. The Morgan fingerprint density at radius 2 is 2.24 bits per heavy atom. The van der Waals surface area contributed by atoms with Gasteiger partial charge in [-0.2, -0.15) is 0 Å². The van der Waals surface area contributed by atoms with Crippen LogP contribution in [-0.4, -0.2) is 40.0 Å². The van der Waals surface area contributed by atoms with Gasteiger partial charge in [-0.3, -0.25) is 9.59 Å². The average molecular weight is 310 g/mol. The van der Waals surface area contributed by atoms with E-state index < -0.39 is 0 Å². The normalized spacial score (nSPS) is 18.6. The van der Waals surface area contributed by atoms with Gasteiger partial charge in [0.1, 0.15) is 5.01 Å². The highest BCUT2D eigenvalue weighted by atomic mass is 32.1. The first kappa shape index (κ1) is 15.9. The number of nitrogens with one attached hydrogen (secondary N) is 1. The summed E-state index contributed by atoms with van der Waals surface area (Å²) in [5, 5.41) is 12.2. The summed E-state index contributed by atoms with van der Waals surface area (Å²) in [6.07, 6.45) is 2.32. The molecule has 1 saturated heterocycles. The van der Waals surface area contributed by atoms with E-state index in [1.54, 1.807) is 4.90 Å². The highest BCUT2D eigenvalue weighted by Gasteiger charge is 2.34. The number of hydrogen-bond acceptors (Lipinski definition) is 5. The number of amides is 2. The van der Waals surface area contributed by atoms with Crippen molar-refractivity contribution in [1.82, 2.24) is 15.1 Å². The highest BCUT2D eigenvalue weighted by molar-refractivity contribution is 7.15. The molecule has 0 aromatic carbocycles. The number of rotatable bonds is 6. The molecule has 0 unspecified atom stereocenters. The van der Waals surface area contributed by atoms with Gasteiger partial charge < -0.3 is 10.2 Å². The molecular weight excluding hydrogens is 288 g/mol. The number of carbonyl (C=O) groups is 2. The van der Waals surface area contributed by atoms with E-state index in [-0.39, 0.29) is 17.7 Å². The van der Waals surface area contributed by atoms with Crippen molar-refractivity contribution in [3.63, 3.8) is 0 Å². The van der Waals surface area contributed by atoms with Crippen molar-refractivity contribution in [2.24, 2.45) is 5.92 Å². The molecule has 1 N–H and O–H groups in total. The molecule has 0 bridgehead atoms.